The first-order chi connectivity index (χ1) is 24.8. The van der Waals surface area contributed by atoms with Crippen LogP contribution in [-0.4, -0.2) is 9.97 Å². The van der Waals surface area contributed by atoms with Gasteiger partial charge in [-0.1, -0.05) is 87.5 Å². The van der Waals surface area contributed by atoms with Crippen LogP contribution in [0.2, 0.25) is 0 Å². The van der Waals surface area contributed by atoms with Crippen molar-refractivity contribution in [1.29, 1.82) is 0 Å². The van der Waals surface area contributed by atoms with Gasteiger partial charge in [-0.3, -0.25) is 9.37 Å². The quantitative estimate of drug-likeness (QED) is 0.166. The molecule has 3 heterocycles. The molecule has 3 nitrogen and oxygen atoms in total. The number of fused-ring (bicyclic) bond motifs is 4. The summed E-state index contributed by atoms with van der Waals surface area (Å²) in [5, 5.41) is 4.67. The Kier molecular flexibility index (Phi) is 8.16. The van der Waals surface area contributed by atoms with Gasteiger partial charge in [0.25, 0.3) is 0 Å². The molecule has 0 amide bonds. The van der Waals surface area contributed by atoms with Gasteiger partial charge in [-0.2, -0.15) is 0 Å². The number of furan rings is 1. The predicted molar refractivity (Wildman–Crippen MR) is 193 cm³/mol. The van der Waals surface area contributed by atoms with Crippen LogP contribution < -0.4 is 0 Å². The molecular weight excluding hydrogens is 772 g/mol. The smallest absolute Gasteiger partial charge is 0.134 e. The third-order valence-corrected chi connectivity index (χ3v) is 8.19. The second-order valence-electron chi connectivity index (χ2n) is 13.5. The first-order valence-corrected chi connectivity index (χ1v) is 15.8. The van der Waals surface area contributed by atoms with E-state index < -0.39 is 19.5 Å². The number of halogens is 1. The summed E-state index contributed by atoms with van der Waals surface area (Å²) in [5.41, 5.74) is 7.41. The maximum Gasteiger partial charge on any atom is 0.134 e. The molecule has 0 aliphatic rings. The van der Waals surface area contributed by atoms with Crippen molar-refractivity contribution in [2.75, 3.05) is 0 Å². The Hall–Kier alpha value is -4.18. The van der Waals surface area contributed by atoms with Crippen molar-refractivity contribution in [1.82, 2.24) is 9.97 Å². The Morgan fingerprint density at radius 2 is 1.65 bits per heavy atom. The van der Waals surface area contributed by atoms with Gasteiger partial charge in [0, 0.05) is 63.0 Å². The van der Waals surface area contributed by atoms with Crippen molar-refractivity contribution >= 4 is 32.7 Å². The maximum atomic E-state index is 12.9. The number of hydrogen-bond donors (Lipinski definition) is 0. The molecule has 247 valence electrons. The molecule has 0 atom stereocenters. The summed E-state index contributed by atoms with van der Waals surface area (Å²) in [6.45, 7) is 8.23. The van der Waals surface area contributed by atoms with Gasteiger partial charge >= 0.3 is 0 Å². The van der Waals surface area contributed by atoms with Gasteiger partial charge in [0.1, 0.15) is 11.2 Å². The minimum absolute atomic E-state index is 0. The molecule has 5 heteroatoms. The van der Waals surface area contributed by atoms with Gasteiger partial charge in [0.15, 0.2) is 0 Å². The predicted octanol–water partition coefficient (Wildman–Crippen LogP) is 11.7. The minimum Gasteiger partial charge on any atom is -0.462 e. The fourth-order valence-corrected chi connectivity index (χ4v) is 5.92. The molecule has 0 fully saturated rings. The topological polar surface area (TPSA) is 38.9 Å². The van der Waals surface area contributed by atoms with E-state index in [1.54, 1.807) is 0 Å². The van der Waals surface area contributed by atoms with Crippen molar-refractivity contribution in [2.24, 2.45) is 5.92 Å². The molecule has 0 aliphatic carbocycles. The molecule has 0 saturated heterocycles. The molecular formula is C43H41FIrN2O-2. The van der Waals surface area contributed by atoms with Gasteiger partial charge in [-0.15, -0.1) is 59.0 Å². The molecule has 7 rings (SSSR count). The summed E-state index contributed by atoms with van der Waals surface area (Å²) in [7, 11) is 0. The molecule has 1 radical (unpaired) electrons. The largest absolute Gasteiger partial charge is 0.462 e. The number of aromatic nitrogens is 2. The summed E-state index contributed by atoms with van der Waals surface area (Å²) >= 11 is 0. The molecule has 0 saturated carbocycles. The fraction of sp³-hybridized carbons (Fsp3) is 0.256. The minimum atomic E-state index is -2.58. The number of aryl methyl sites for hydroxylation is 3. The van der Waals surface area contributed by atoms with Crippen LogP contribution in [0.15, 0.2) is 89.6 Å². The standard InChI is InChI=1S/C30H30NO.C13H11FN.Ir/c1-18(2)13-20-11-12-24-26(14-20)32-29-27(24)19(3)17-31-28(29)22-15-21-9-7-8-10-23(21)25(16-22)30(4,5)6;1-9-7-13(15-8-10(9)2)11-3-5-12(14)6-4-11;/h7-12,14,16-18H,13H2,1-6H3;3,5-8H,1-2H3;/q2*-1;/i;1D3,2D3;. The zero-order valence-electron chi connectivity index (χ0n) is 33.9. The van der Waals surface area contributed by atoms with Crippen molar-refractivity contribution < 1.29 is 37.1 Å². The molecule has 0 aliphatic heterocycles. The van der Waals surface area contributed by atoms with Crippen LogP contribution in [0.4, 0.5) is 4.39 Å². The first kappa shape index (κ1) is 27.7. The van der Waals surface area contributed by atoms with Gasteiger partial charge in [-0.25, -0.2) is 0 Å². The Bertz CT molecular complexity index is 2450. The number of pyridine rings is 2. The van der Waals surface area contributed by atoms with Crippen LogP contribution in [0.5, 0.6) is 0 Å². The van der Waals surface area contributed by atoms with E-state index in [2.05, 4.69) is 107 Å². The summed E-state index contributed by atoms with van der Waals surface area (Å²) in [5.74, 6) is 0.132. The molecule has 0 unspecified atom stereocenters. The third kappa shape index (κ3) is 7.28. The Morgan fingerprint density at radius 1 is 0.875 bits per heavy atom. The van der Waals surface area contributed by atoms with E-state index in [-0.39, 0.29) is 42.3 Å². The van der Waals surface area contributed by atoms with E-state index >= 15 is 0 Å². The van der Waals surface area contributed by atoms with Crippen LogP contribution in [0.25, 0.3) is 55.2 Å². The Balaban J connectivity index is 0.000000223. The maximum absolute atomic E-state index is 12.9. The van der Waals surface area contributed by atoms with E-state index in [4.69, 9.17) is 17.6 Å². The average molecular weight is 819 g/mol. The van der Waals surface area contributed by atoms with Crippen LogP contribution in [0.1, 0.15) is 70.7 Å². The molecule has 3 aromatic heterocycles. The summed E-state index contributed by atoms with van der Waals surface area (Å²) < 4.78 is 63.9. The monoisotopic (exact) mass is 819 g/mol. The van der Waals surface area contributed by atoms with E-state index in [1.165, 1.54) is 34.7 Å². The average Bonchev–Trinajstić information content (AvgIpc) is 3.46. The summed E-state index contributed by atoms with van der Waals surface area (Å²) in [4.78, 5) is 8.80. The van der Waals surface area contributed by atoms with Gasteiger partial charge in [-0.05, 0) is 66.8 Å². The van der Waals surface area contributed by atoms with Crippen molar-refractivity contribution in [3.8, 4) is 22.5 Å². The Labute approximate surface area is 305 Å². The fourth-order valence-electron chi connectivity index (χ4n) is 5.92. The number of hydrogen-bond acceptors (Lipinski definition) is 3. The molecule has 0 bridgehead atoms. The third-order valence-electron chi connectivity index (χ3n) is 8.19. The van der Waals surface area contributed by atoms with Crippen LogP contribution in [0, 0.1) is 44.5 Å². The zero-order valence-corrected chi connectivity index (χ0v) is 30.3. The SMILES string of the molecule is Cc1cnc(-c2[c-]c3ccccc3c(C(C)(C)C)c2)c2oc3cc(CC(C)C)ccc3c12.[2H]C([2H])([2H])c1cnc(-c2[c-]cc(F)cc2)cc1C([2H])([2H])[2H].[Ir]. The molecule has 0 spiro atoms. The second kappa shape index (κ2) is 14.1. The molecule has 7 aromatic rings. The van der Waals surface area contributed by atoms with Crippen molar-refractivity contribution in [3.05, 3.63) is 131 Å². The van der Waals surface area contributed by atoms with Crippen LogP contribution in [-0.2, 0) is 31.9 Å². The van der Waals surface area contributed by atoms with E-state index in [0.717, 1.165) is 62.8 Å². The van der Waals surface area contributed by atoms with Crippen molar-refractivity contribution in [3.63, 3.8) is 0 Å². The van der Waals surface area contributed by atoms with Crippen LogP contribution >= 0.6 is 0 Å². The van der Waals surface area contributed by atoms with E-state index in [9.17, 15) is 4.39 Å². The zero-order chi connectivity index (χ0) is 38.5. The number of benzene rings is 4. The number of nitrogens with zero attached hydrogens (tertiary/aromatic N) is 2. The van der Waals surface area contributed by atoms with Gasteiger partial charge in [0.05, 0.1) is 0 Å². The number of rotatable bonds is 4. The molecule has 4 aromatic carbocycles. The van der Waals surface area contributed by atoms with E-state index in [1.807, 2.05) is 6.20 Å². The normalized spacial score (nSPS) is 13.9. The molecule has 0 N–H and O–H groups in total. The van der Waals surface area contributed by atoms with Crippen molar-refractivity contribution in [2.45, 2.75) is 67.1 Å². The van der Waals surface area contributed by atoms with Crippen LogP contribution in [0.3, 0.4) is 0 Å². The van der Waals surface area contributed by atoms with Gasteiger partial charge < -0.3 is 9.40 Å². The summed E-state index contributed by atoms with van der Waals surface area (Å²) in [6, 6.07) is 28.5. The first-order valence-electron chi connectivity index (χ1n) is 18.8. The van der Waals surface area contributed by atoms with Gasteiger partial charge in [0.2, 0.25) is 0 Å². The molecule has 48 heavy (non-hydrogen) atoms. The summed E-state index contributed by atoms with van der Waals surface area (Å²) in [6.07, 6.45) is 4.04. The van der Waals surface area contributed by atoms with E-state index in [0.29, 0.717) is 11.5 Å². The Morgan fingerprint density at radius 3 is 2.35 bits per heavy atom. The second-order valence-corrected chi connectivity index (χ2v) is 13.5.